The van der Waals surface area contributed by atoms with E-state index in [4.69, 9.17) is 10.2 Å². The third kappa shape index (κ3) is 2.94. The molecule has 1 aliphatic rings. The van der Waals surface area contributed by atoms with Gasteiger partial charge in [0.05, 0.1) is 0 Å². The van der Waals surface area contributed by atoms with Crippen molar-refractivity contribution in [3.8, 4) is 0 Å². The Hall–Kier alpha value is -1.59. The lowest BCUT2D eigenvalue weighted by molar-refractivity contribution is 0.291. The van der Waals surface area contributed by atoms with Crippen molar-refractivity contribution in [2.45, 2.75) is 12.8 Å². The highest BCUT2D eigenvalue weighted by Crippen LogP contribution is 2.22. The van der Waals surface area contributed by atoms with E-state index in [1.165, 1.54) is 0 Å². The van der Waals surface area contributed by atoms with E-state index < -0.39 is 0 Å². The maximum Gasteiger partial charge on any atom is 0.298 e. The zero-order chi connectivity index (χ0) is 13.8. The number of oxazole rings is 1. The van der Waals surface area contributed by atoms with Crippen molar-refractivity contribution in [3.05, 3.63) is 24.3 Å². The second kappa shape index (κ2) is 6.24. The van der Waals surface area contributed by atoms with Crippen molar-refractivity contribution in [1.82, 2.24) is 9.88 Å². The molecule has 1 aromatic heterocycles. The molecule has 108 valence electrons. The van der Waals surface area contributed by atoms with Crippen LogP contribution in [0.15, 0.2) is 28.7 Å². The fraction of sp³-hybridized carbons (Fsp3) is 0.533. The molecule has 1 fully saturated rings. The first-order chi connectivity index (χ1) is 9.86. The largest absolute Gasteiger partial charge is 0.423 e. The average molecular weight is 274 g/mol. The highest BCUT2D eigenvalue weighted by molar-refractivity contribution is 5.74. The van der Waals surface area contributed by atoms with Gasteiger partial charge >= 0.3 is 0 Å². The minimum Gasteiger partial charge on any atom is -0.423 e. The van der Waals surface area contributed by atoms with Crippen LogP contribution in [0, 0.1) is 0 Å². The van der Waals surface area contributed by atoms with Crippen LogP contribution in [0.2, 0.25) is 0 Å². The van der Waals surface area contributed by atoms with Crippen LogP contribution in [0.5, 0.6) is 0 Å². The molecule has 0 spiro atoms. The molecule has 5 nitrogen and oxygen atoms in total. The molecule has 20 heavy (non-hydrogen) atoms. The summed E-state index contributed by atoms with van der Waals surface area (Å²) in [5, 5.41) is 0. The van der Waals surface area contributed by atoms with Gasteiger partial charge in [-0.25, -0.2) is 0 Å². The van der Waals surface area contributed by atoms with E-state index in [-0.39, 0.29) is 0 Å². The van der Waals surface area contributed by atoms with Gasteiger partial charge in [0.25, 0.3) is 6.01 Å². The van der Waals surface area contributed by atoms with E-state index in [9.17, 15) is 0 Å². The Labute approximate surface area is 119 Å². The Morgan fingerprint density at radius 3 is 2.90 bits per heavy atom. The van der Waals surface area contributed by atoms with Gasteiger partial charge in [0.2, 0.25) is 0 Å². The minimum atomic E-state index is 0.756. The lowest BCUT2D eigenvalue weighted by Crippen LogP contribution is -2.32. The zero-order valence-electron chi connectivity index (χ0n) is 11.8. The Bertz CT molecular complexity index is 521. The summed E-state index contributed by atoms with van der Waals surface area (Å²) in [6.07, 6.45) is 2.21. The molecule has 0 radical (unpaired) electrons. The highest BCUT2D eigenvalue weighted by atomic mass is 16.4. The number of hydrogen-bond donors (Lipinski definition) is 1. The number of rotatable bonds is 4. The standard InChI is InChI=1S/C15H22N4O/c16-7-3-8-18-9-4-10-19(12-11-18)15-17-13-5-1-2-6-14(13)20-15/h1-2,5-6H,3-4,7-12,16H2. The second-order valence-electron chi connectivity index (χ2n) is 5.29. The molecule has 2 aromatic rings. The van der Waals surface area contributed by atoms with Gasteiger partial charge in [0.1, 0.15) is 5.52 Å². The van der Waals surface area contributed by atoms with E-state index in [0.717, 1.165) is 69.2 Å². The van der Waals surface area contributed by atoms with Gasteiger partial charge in [0.15, 0.2) is 5.58 Å². The first kappa shape index (κ1) is 13.4. The number of anilines is 1. The van der Waals surface area contributed by atoms with Crippen LogP contribution < -0.4 is 10.6 Å². The van der Waals surface area contributed by atoms with Crippen LogP contribution in [-0.4, -0.2) is 49.2 Å². The van der Waals surface area contributed by atoms with Crippen molar-refractivity contribution in [2.75, 3.05) is 44.2 Å². The predicted octanol–water partition coefficient (Wildman–Crippen LogP) is 1.69. The Morgan fingerprint density at radius 1 is 1.15 bits per heavy atom. The van der Waals surface area contributed by atoms with Crippen molar-refractivity contribution in [3.63, 3.8) is 0 Å². The zero-order valence-corrected chi connectivity index (χ0v) is 11.8. The smallest absolute Gasteiger partial charge is 0.298 e. The van der Waals surface area contributed by atoms with Gasteiger partial charge < -0.3 is 20.0 Å². The lowest BCUT2D eigenvalue weighted by Gasteiger charge is -2.20. The molecule has 3 rings (SSSR count). The third-order valence-electron chi connectivity index (χ3n) is 3.82. The lowest BCUT2D eigenvalue weighted by atomic mass is 10.3. The molecule has 0 atom stereocenters. The van der Waals surface area contributed by atoms with Crippen LogP contribution in [0.1, 0.15) is 12.8 Å². The minimum absolute atomic E-state index is 0.756. The van der Waals surface area contributed by atoms with Crippen LogP contribution in [0.4, 0.5) is 6.01 Å². The van der Waals surface area contributed by atoms with Crippen LogP contribution in [0.3, 0.4) is 0 Å². The normalized spacial score (nSPS) is 17.6. The number of fused-ring (bicyclic) bond motifs is 1. The summed E-state index contributed by atoms with van der Waals surface area (Å²) < 4.78 is 5.86. The summed E-state index contributed by atoms with van der Waals surface area (Å²) in [4.78, 5) is 9.32. The molecule has 1 aromatic carbocycles. The summed E-state index contributed by atoms with van der Waals surface area (Å²) in [5.74, 6) is 0. The fourth-order valence-corrected chi connectivity index (χ4v) is 2.70. The molecule has 2 heterocycles. The number of nitrogens with zero attached hydrogens (tertiary/aromatic N) is 3. The quantitative estimate of drug-likeness (QED) is 0.919. The first-order valence-corrected chi connectivity index (χ1v) is 7.40. The predicted molar refractivity (Wildman–Crippen MR) is 81.0 cm³/mol. The van der Waals surface area contributed by atoms with Crippen molar-refractivity contribution < 1.29 is 4.42 Å². The Balaban J connectivity index is 1.68. The van der Waals surface area contributed by atoms with Gasteiger partial charge in [-0.2, -0.15) is 4.98 Å². The average Bonchev–Trinajstić information content (AvgIpc) is 2.76. The van der Waals surface area contributed by atoms with Crippen molar-refractivity contribution in [2.24, 2.45) is 5.73 Å². The summed E-state index contributed by atoms with van der Waals surface area (Å²) in [7, 11) is 0. The number of nitrogens with two attached hydrogens (primary N) is 1. The van der Waals surface area contributed by atoms with Crippen LogP contribution in [-0.2, 0) is 0 Å². The molecule has 0 unspecified atom stereocenters. The van der Waals surface area contributed by atoms with E-state index in [0.29, 0.717) is 0 Å². The summed E-state index contributed by atoms with van der Waals surface area (Å²) in [5.41, 5.74) is 7.39. The molecule has 0 amide bonds. The van der Waals surface area contributed by atoms with Crippen LogP contribution >= 0.6 is 0 Å². The van der Waals surface area contributed by atoms with E-state index in [1.807, 2.05) is 24.3 Å². The van der Waals surface area contributed by atoms with Gasteiger partial charge in [-0.3, -0.25) is 0 Å². The summed E-state index contributed by atoms with van der Waals surface area (Å²) in [6.45, 7) is 6.03. The second-order valence-corrected chi connectivity index (χ2v) is 5.29. The molecular weight excluding hydrogens is 252 g/mol. The summed E-state index contributed by atoms with van der Waals surface area (Å²) in [6, 6.07) is 8.69. The van der Waals surface area contributed by atoms with Crippen molar-refractivity contribution >= 4 is 17.1 Å². The maximum absolute atomic E-state index is 5.86. The molecule has 1 saturated heterocycles. The molecule has 0 bridgehead atoms. The molecule has 2 N–H and O–H groups in total. The SMILES string of the molecule is NCCCN1CCCN(c2nc3ccccc3o2)CC1. The number of para-hydroxylation sites is 2. The molecule has 0 aliphatic carbocycles. The first-order valence-electron chi connectivity index (χ1n) is 7.40. The number of benzene rings is 1. The Morgan fingerprint density at radius 2 is 2.05 bits per heavy atom. The number of hydrogen-bond acceptors (Lipinski definition) is 5. The number of aromatic nitrogens is 1. The van der Waals surface area contributed by atoms with Gasteiger partial charge in [-0.1, -0.05) is 12.1 Å². The monoisotopic (exact) mass is 274 g/mol. The molecular formula is C15H22N4O. The molecule has 1 aliphatic heterocycles. The van der Waals surface area contributed by atoms with Gasteiger partial charge in [-0.15, -0.1) is 0 Å². The van der Waals surface area contributed by atoms with Gasteiger partial charge in [-0.05, 0) is 44.6 Å². The van der Waals surface area contributed by atoms with E-state index in [2.05, 4.69) is 14.8 Å². The van der Waals surface area contributed by atoms with Crippen LogP contribution in [0.25, 0.3) is 11.1 Å². The summed E-state index contributed by atoms with van der Waals surface area (Å²) >= 11 is 0. The van der Waals surface area contributed by atoms with E-state index >= 15 is 0 Å². The fourth-order valence-electron chi connectivity index (χ4n) is 2.70. The maximum atomic E-state index is 5.86. The highest BCUT2D eigenvalue weighted by Gasteiger charge is 2.18. The molecule has 0 saturated carbocycles. The molecule has 5 heteroatoms. The van der Waals surface area contributed by atoms with E-state index in [1.54, 1.807) is 0 Å². The van der Waals surface area contributed by atoms with Crippen molar-refractivity contribution in [1.29, 1.82) is 0 Å². The van der Waals surface area contributed by atoms with Gasteiger partial charge in [0, 0.05) is 19.6 Å². The topological polar surface area (TPSA) is 58.5 Å². The Kier molecular flexibility index (Phi) is 4.18. The third-order valence-corrected chi connectivity index (χ3v) is 3.82.